The van der Waals surface area contributed by atoms with Crippen LogP contribution in [0.4, 0.5) is 0 Å². The van der Waals surface area contributed by atoms with Crippen molar-refractivity contribution in [3.8, 4) is 0 Å². The van der Waals surface area contributed by atoms with Gasteiger partial charge in [-0.1, -0.05) is 0 Å². The van der Waals surface area contributed by atoms with Crippen molar-refractivity contribution < 1.29 is 4.21 Å². The van der Waals surface area contributed by atoms with Crippen molar-refractivity contribution in [2.45, 2.75) is 12.8 Å². The largest absolute Gasteiger partial charge is 0.260 e. The SMILES string of the molecule is O=S1CCC(=Nn2cnnc2)CC1. The lowest BCUT2D eigenvalue weighted by Crippen LogP contribution is -2.18. The number of hydrogen-bond acceptors (Lipinski definition) is 4. The molecule has 0 bridgehead atoms. The topological polar surface area (TPSA) is 60.1 Å². The van der Waals surface area contributed by atoms with Gasteiger partial charge in [0.1, 0.15) is 12.7 Å². The van der Waals surface area contributed by atoms with Crippen LogP contribution in [0, 0.1) is 0 Å². The standard InChI is InChI=1S/C7H10N4OS/c12-13-3-1-7(2-4-13)10-11-5-8-9-6-11/h5-6H,1-4H2. The summed E-state index contributed by atoms with van der Waals surface area (Å²) < 4.78 is 12.6. The maximum Gasteiger partial charge on any atom is 0.141 e. The minimum absolute atomic E-state index is 0.631. The first-order valence-electron chi connectivity index (χ1n) is 4.11. The van der Waals surface area contributed by atoms with Crippen LogP contribution in [-0.2, 0) is 10.8 Å². The van der Waals surface area contributed by atoms with E-state index in [1.54, 1.807) is 17.3 Å². The van der Waals surface area contributed by atoms with E-state index < -0.39 is 10.8 Å². The second-order valence-corrected chi connectivity index (χ2v) is 4.55. The summed E-state index contributed by atoms with van der Waals surface area (Å²) in [7, 11) is -0.631. The Morgan fingerprint density at radius 3 is 2.54 bits per heavy atom. The zero-order valence-corrected chi connectivity index (χ0v) is 7.90. The molecule has 1 saturated heterocycles. The van der Waals surface area contributed by atoms with E-state index in [-0.39, 0.29) is 0 Å². The number of rotatable bonds is 1. The van der Waals surface area contributed by atoms with Crippen LogP contribution in [0.15, 0.2) is 17.8 Å². The zero-order valence-electron chi connectivity index (χ0n) is 7.09. The van der Waals surface area contributed by atoms with E-state index >= 15 is 0 Å². The van der Waals surface area contributed by atoms with Crippen LogP contribution < -0.4 is 0 Å². The van der Waals surface area contributed by atoms with E-state index in [1.807, 2.05) is 0 Å². The molecule has 0 aliphatic carbocycles. The van der Waals surface area contributed by atoms with Gasteiger partial charge in [-0.05, 0) is 12.8 Å². The molecule has 6 heteroatoms. The molecule has 0 aromatic carbocycles. The number of aromatic nitrogens is 3. The Morgan fingerprint density at radius 2 is 1.92 bits per heavy atom. The van der Waals surface area contributed by atoms with Gasteiger partial charge in [0, 0.05) is 28.0 Å². The van der Waals surface area contributed by atoms with Gasteiger partial charge in [0.15, 0.2) is 0 Å². The molecule has 1 aromatic rings. The lowest BCUT2D eigenvalue weighted by atomic mass is 10.2. The van der Waals surface area contributed by atoms with Crippen molar-refractivity contribution in [2.24, 2.45) is 5.10 Å². The van der Waals surface area contributed by atoms with Crippen molar-refractivity contribution in [1.82, 2.24) is 14.9 Å². The van der Waals surface area contributed by atoms with Gasteiger partial charge in [0.05, 0.1) is 0 Å². The summed E-state index contributed by atoms with van der Waals surface area (Å²) in [5, 5.41) is 11.6. The summed E-state index contributed by atoms with van der Waals surface area (Å²) in [6.45, 7) is 0. The number of nitrogens with zero attached hydrogens (tertiary/aromatic N) is 4. The van der Waals surface area contributed by atoms with Crippen molar-refractivity contribution in [1.29, 1.82) is 0 Å². The third-order valence-corrected chi connectivity index (χ3v) is 3.22. The highest BCUT2D eigenvalue weighted by molar-refractivity contribution is 7.85. The van der Waals surface area contributed by atoms with Crippen LogP contribution in [0.3, 0.4) is 0 Å². The van der Waals surface area contributed by atoms with Gasteiger partial charge in [-0.3, -0.25) is 4.21 Å². The summed E-state index contributed by atoms with van der Waals surface area (Å²) in [6, 6.07) is 0. The van der Waals surface area contributed by atoms with E-state index in [0.29, 0.717) is 0 Å². The van der Waals surface area contributed by atoms with Crippen molar-refractivity contribution in [3.63, 3.8) is 0 Å². The van der Waals surface area contributed by atoms with E-state index in [9.17, 15) is 4.21 Å². The molecule has 0 N–H and O–H groups in total. The molecule has 13 heavy (non-hydrogen) atoms. The third kappa shape index (κ3) is 2.21. The second-order valence-electron chi connectivity index (χ2n) is 2.86. The molecule has 0 saturated carbocycles. The molecule has 1 aromatic heterocycles. The molecule has 5 nitrogen and oxygen atoms in total. The molecule has 1 aliphatic heterocycles. The Bertz CT molecular complexity index is 320. The van der Waals surface area contributed by atoms with Gasteiger partial charge >= 0.3 is 0 Å². The monoisotopic (exact) mass is 198 g/mol. The summed E-state index contributed by atoms with van der Waals surface area (Å²) in [4.78, 5) is 0. The van der Waals surface area contributed by atoms with E-state index in [2.05, 4.69) is 15.3 Å². The molecule has 70 valence electrons. The second kappa shape index (κ2) is 3.78. The molecule has 0 radical (unpaired) electrons. The van der Waals surface area contributed by atoms with Gasteiger partial charge in [0.2, 0.25) is 0 Å². The highest BCUT2D eigenvalue weighted by atomic mass is 32.2. The minimum Gasteiger partial charge on any atom is -0.260 e. The summed E-state index contributed by atoms with van der Waals surface area (Å²) in [6.07, 6.45) is 4.76. The first-order chi connectivity index (χ1) is 6.34. The Hall–Kier alpha value is -1.04. The Labute approximate surface area is 78.3 Å². The average Bonchev–Trinajstić information content (AvgIpc) is 2.62. The van der Waals surface area contributed by atoms with Crippen molar-refractivity contribution >= 4 is 16.5 Å². The minimum atomic E-state index is -0.631. The van der Waals surface area contributed by atoms with Gasteiger partial charge in [0.25, 0.3) is 0 Å². The predicted molar refractivity (Wildman–Crippen MR) is 50.0 cm³/mol. The quantitative estimate of drug-likeness (QED) is 0.639. The van der Waals surface area contributed by atoms with Crippen LogP contribution in [0.2, 0.25) is 0 Å². The Balaban J connectivity index is 2.05. The molecule has 1 aliphatic rings. The van der Waals surface area contributed by atoms with Gasteiger partial charge < -0.3 is 0 Å². The fraction of sp³-hybridized carbons (Fsp3) is 0.571. The first-order valence-corrected chi connectivity index (χ1v) is 5.60. The zero-order chi connectivity index (χ0) is 9.10. The Kier molecular flexibility index (Phi) is 2.49. The molecular formula is C7H10N4OS. The van der Waals surface area contributed by atoms with E-state index in [1.165, 1.54) is 0 Å². The molecule has 0 unspecified atom stereocenters. The van der Waals surface area contributed by atoms with Crippen LogP contribution in [0.5, 0.6) is 0 Å². The lowest BCUT2D eigenvalue weighted by Gasteiger charge is -2.11. The molecule has 2 heterocycles. The molecule has 0 spiro atoms. The fourth-order valence-corrected chi connectivity index (χ4v) is 2.33. The van der Waals surface area contributed by atoms with E-state index in [4.69, 9.17) is 0 Å². The molecule has 2 rings (SSSR count). The van der Waals surface area contributed by atoms with Gasteiger partial charge in [-0.15, -0.1) is 10.2 Å². The smallest absolute Gasteiger partial charge is 0.141 e. The van der Waals surface area contributed by atoms with Gasteiger partial charge in [-0.25, -0.2) is 4.68 Å². The maximum atomic E-state index is 11.0. The van der Waals surface area contributed by atoms with Crippen LogP contribution in [-0.4, -0.2) is 36.3 Å². The highest BCUT2D eigenvalue weighted by Gasteiger charge is 2.12. The van der Waals surface area contributed by atoms with Crippen molar-refractivity contribution in [2.75, 3.05) is 11.5 Å². The maximum absolute atomic E-state index is 11.0. The van der Waals surface area contributed by atoms with E-state index in [0.717, 1.165) is 30.1 Å². The summed E-state index contributed by atoms with van der Waals surface area (Å²) in [5.74, 6) is 1.47. The Morgan fingerprint density at radius 1 is 1.31 bits per heavy atom. The van der Waals surface area contributed by atoms with Crippen LogP contribution in [0.1, 0.15) is 12.8 Å². The van der Waals surface area contributed by atoms with Crippen LogP contribution >= 0.6 is 0 Å². The lowest BCUT2D eigenvalue weighted by molar-refractivity contribution is 0.680. The fourth-order valence-electron chi connectivity index (χ4n) is 1.20. The third-order valence-electron chi connectivity index (χ3n) is 1.90. The summed E-state index contributed by atoms with van der Waals surface area (Å²) in [5.41, 5.74) is 1.08. The van der Waals surface area contributed by atoms with Crippen LogP contribution in [0.25, 0.3) is 0 Å². The molecule has 0 atom stereocenters. The first kappa shape index (κ1) is 8.55. The normalized spacial score (nSPS) is 23.1. The van der Waals surface area contributed by atoms with Crippen molar-refractivity contribution in [3.05, 3.63) is 12.7 Å². The molecule has 0 amide bonds. The average molecular weight is 198 g/mol. The predicted octanol–water partition coefficient (Wildman–Crippen LogP) is 0.0247. The molecular weight excluding hydrogens is 188 g/mol. The highest BCUT2D eigenvalue weighted by Crippen LogP contribution is 2.06. The summed E-state index contributed by atoms with van der Waals surface area (Å²) >= 11 is 0. The van der Waals surface area contributed by atoms with Gasteiger partial charge in [-0.2, -0.15) is 5.10 Å². The number of hydrogen-bond donors (Lipinski definition) is 0. The molecule has 1 fully saturated rings.